The molecule has 31 heavy (non-hydrogen) atoms. The first-order chi connectivity index (χ1) is 14.8. The fourth-order valence-electron chi connectivity index (χ4n) is 3.41. The van der Waals surface area contributed by atoms with Crippen LogP contribution < -0.4 is 26.1 Å². The molecule has 4 N–H and O–H groups in total. The molecule has 0 unspecified atom stereocenters. The van der Waals surface area contributed by atoms with E-state index in [1.807, 2.05) is 24.3 Å². The fourth-order valence-corrected chi connectivity index (χ4v) is 3.46. The highest BCUT2D eigenvalue weighted by Gasteiger charge is 2.32. The number of ether oxygens (including phenoxy) is 1. The highest BCUT2D eigenvalue weighted by Crippen LogP contribution is 2.27. The molecule has 0 amide bonds. The van der Waals surface area contributed by atoms with Gasteiger partial charge in [0.1, 0.15) is 5.75 Å². The number of nitrogens with zero attached hydrogens (tertiary/aromatic N) is 2. The molecule has 1 aliphatic rings. The van der Waals surface area contributed by atoms with Gasteiger partial charge in [0.2, 0.25) is 0 Å². The van der Waals surface area contributed by atoms with Gasteiger partial charge in [0.25, 0.3) is 0 Å². The van der Waals surface area contributed by atoms with Gasteiger partial charge in [-0.2, -0.15) is 5.10 Å². The van der Waals surface area contributed by atoms with E-state index in [9.17, 15) is 13.2 Å². The second-order valence-corrected chi connectivity index (χ2v) is 7.56. The topological polar surface area (TPSA) is 74.9 Å². The van der Waals surface area contributed by atoms with E-state index in [0.717, 1.165) is 37.2 Å². The minimum atomic E-state index is -4.70. The van der Waals surface area contributed by atoms with Gasteiger partial charge < -0.3 is 20.7 Å². The van der Waals surface area contributed by atoms with Gasteiger partial charge in [0.05, 0.1) is 6.21 Å². The molecule has 1 saturated heterocycles. The van der Waals surface area contributed by atoms with E-state index in [1.165, 1.54) is 12.1 Å². The molecule has 10 heteroatoms. The van der Waals surface area contributed by atoms with Crippen LogP contribution in [-0.4, -0.2) is 36.8 Å². The van der Waals surface area contributed by atoms with E-state index in [2.05, 4.69) is 25.5 Å². The lowest BCUT2D eigenvalue weighted by molar-refractivity contribution is -0.274. The highest BCUT2D eigenvalue weighted by atomic mass is 32.1. The summed E-state index contributed by atoms with van der Waals surface area (Å²) in [5, 5.41) is 7.40. The van der Waals surface area contributed by atoms with Gasteiger partial charge in [-0.15, -0.1) is 13.2 Å². The molecule has 1 heterocycles. The van der Waals surface area contributed by atoms with Gasteiger partial charge >= 0.3 is 6.36 Å². The smallest absolute Gasteiger partial charge is 0.405 e. The molecular formula is C21H24F3N5OS. The molecule has 0 spiro atoms. The summed E-state index contributed by atoms with van der Waals surface area (Å²) in [5.41, 5.74) is 10.4. The lowest BCUT2D eigenvalue weighted by Crippen LogP contribution is -2.42. The zero-order valence-corrected chi connectivity index (χ0v) is 17.5. The lowest BCUT2D eigenvalue weighted by Gasteiger charge is -2.34. The molecular weight excluding hydrogens is 427 g/mol. The Labute approximate surface area is 184 Å². The van der Waals surface area contributed by atoms with Crippen molar-refractivity contribution in [3.63, 3.8) is 0 Å². The van der Waals surface area contributed by atoms with Crippen molar-refractivity contribution in [2.45, 2.75) is 31.8 Å². The van der Waals surface area contributed by atoms with Crippen LogP contribution in [0.3, 0.4) is 0 Å². The number of hydrogen-bond acceptors (Lipinski definition) is 5. The van der Waals surface area contributed by atoms with Gasteiger partial charge in [-0.25, -0.2) is 0 Å². The summed E-state index contributed by atoms with van der Waals surface area (Å²) in [6.07, 6.45) is -1.28. The monoisotopic (exact) mass is 451 g/mol. The maximum atomic E-state index is 12.6. The maximum absolute atomic E-state index is 12.6. The Balaban J connectivity index is 1.48. The summed E-state index contributed by atoms with van der Waals surface area (Å²) >= 11 is 4.69. The second-order valence-electron chi connectivity index (χ2n) is 7.12. The van der Waals surface area contributed by atoms with Crippen LogP contribution in [0.2, 0.25) is 0 Å². The van der Waals surface area contributed by atoms with Crippen LogP contribution >= 0.6 is 12.2 Å². The van der Waals surface area contributed by atoms with Gasteiger partial charge in [-0.3, -0.25) is 5.43 Å². The Kier molecular flexibility index (Phi) is 7.69. The van der Waals surface area contributed by atoms with Crippen molar-refractivity contribution >= 4 is 29.2 Å². The number of para-hydroxylation sites is 1. The minimum absolute atomic E-state index is 0.112. The van der Waals surface area contributed by atoms with Crippen LogP contribution in [0.15, 0.2) is 53.6 Å². The van der Waals surface area contributed by atoms with Gasteiger partial charge in [-0.05, 0) is 48.8 Å². The largest absolute Gasteiger partial charge is 0.573 e. The van der Waals surface area contributed by atoms with Crippen molar-refractivity contribution in [2.24, 2.45) is 10.8 Å². The van der Waals surface area contributed by atoms with E-state index in [1.54, 1.807) is 18.3 Å². The van der Waals surface area contributed by atoms with Crippen LogP contribution in [0.25, 0.3) is 0 Å². The van der Waals surface area contributed by atoms with Crippen molar-refractivity contribution in [1.82, 2.24) is 10.7 Å². The summed E-state index contributed by atoms with van der Waals surface area (Å²) in [5.74, 6) is -0.160. The third kappa shape index (κ3) is 7.41. The molecule has 0 radical (unpaired) electrons. The third-order valence-corrected chi connectivity index (χ3v) is 5.01. The normalized spacial score (nSPS) is 15.3. The number of hydrazone groups is 1. The predicted octanol–water partition coefficient (Wildman–Crippen LogP) is 3.51. The van der Waals surface area contributed by atoms with Gasteiger partial charge in [-0.1, -0.05) is 30.3 Å². The molecule has 0 saturated carbocycles. The minimum Gasteiger partial charge on any atom is -0.405 e. The molecule has 1 fully saturated rings. The Hall–Kier alpha value is -2.85. The van der Waals surface area contributed by atoms with E-state index >= 15 is 0 Å². The summed E-state index contributed by atoms with van der Waals surface area (Å²) in [6.45, 7) is 2.04. The Morgan fingerprint density at radius 1 is 1.16 bits per heavy atom. The van der Waals surface area contributed by atoms with Crippen molar-refractivity contribution in [3.8, 4) is 5.75 Å². The van der Waals surface area contributed by atoms with Crippen LogP contribution in [0.1, 0.15) is 24.0 Å². The summed E-state index contributed by atoms with van der Waals surface area (Å²) < 4.78 is 41.8. The Bertz CT molecular complexity index is 897. The molecule has 166 valence electrons. The molecule has 3 rings (SSSR count). The Morgan fingerprint density at radius 2 is 1.84 bits per heavy atom. The summed E-state index contributed by atoms with van der Waals surface area (Å²) in [4.78, 5) is 2.28. The lowest BCUT2D eigenvalue weighted by atomic mass is 10.0. The molecule has 0 aliphatic carbocycles. The van der Waals surface area contributed by atoms with Gasteiger partial charge in [0.15, 0.2) is 5.11 Å². The van der Waals surface area contributed by atoms with E-state index in [-0.39, 0.29) is 16.9 Å². The van der Waals surface area contributed by atoms with Crippen molar-refractivity contribution in [2.75, 3.05) is 18.0 Å². The first kappa shape index (κ1) is 22.8. The second kappa shape index (κ2) is 10.5. The number of rotatable bonds is 7. The SMILES string of the molecule is NC(=S)NN=Cc1ccc(N2CCC(NCc3ccccc3OC(F)(F)F)CC2)cc1. The molecule has 2 aromatic carbocycles. The number of anilines is 1. The quantitative estimate of drug-likeness (QED) is 0.340. The molecule has 2 aromatic rings. The zero-order valence-electron chi connectivity index (χ0n) is 16.7. The van der Waals surface area contributed by atoms with Crippen molar-refractivity contribution < 1.29 is 17.9 Å². The standard InChI is InChI=1S/C21H24F3N5OS/c22-21(23,24)30-19-4-2-1-3-16(19)14-26-17-9-11-29(12-10-17)18-7-5-15(6-8-18)13-27-28-20(25)31/h1-8,13,17,26H,9-12,14H2,(H3,25,28,31). The van der Waals surface area contributed by atoms with E-state index in [0.29, 0.717) is 12.1 Å². The first-order valence-corrected chi connectivity index (χ1v) is 10.2. The zero-order chi connectivity index (χ0) is 22.3. The maximum Gasteiger partial charge on any atom is 0.573 e. The number of nitrogens with one attached hydrogen (secondary N) is 2. The van der Waals surface area contributed by atoms with Crippen LogP contribution in [0.4, 0.5) is 18.9 Å². The third-order valence-electron chi connectivity index (χ3n) is 4.92. The van der Waals surface area contributed by atoms with Crippen molar-refractivity contribution in [3.05, 3.63) is 59.7 Å². The number of piperidine rings is 1. The molecule has 6 nitrogen and oxygen atoms in total. The molecule has 0 atom stereocenters. The molecule has 0 aromatic heterocycles. The van der Waals surface area contributed by atoms with E-state index < -0.39 is 6.36 Å². The number of nitrogens with two attached hydrogens (primary N) is 1. The fraction of sp³-hybridized carbons (Fsp3) is 0.333. The number of halogens is 3. The first-order valence-electron chi connectivity index (χ1n) is 9.81. The number of alkyl halides is 3. The van der Waals surface area contributed by atoms with Crippen LogP contribution in [-0.2, 0) is 6.54 Å². The highest BCUT2D eigenvalue weighted by molar-refractivity contribution is 7.80. The molecule has 1 aliphatic heterocycles. The van der Waals surface area contributed by atoms with Gasteiger partial charge in [0, 0.05) is 36.9 Å². The van der Waals surface area contributed by atoms with E-state index in [4.69, 9.17) is 18.0 Å². The average Bonchev–Trinajstić information content (AvgIpc) is 2.73. The number of thiocarbonyl (C=S) groups is 1. The molecule has 0 bridgehead atoms. The Morgan fingerprint density at radius 3 is 2.48 bits per heavy atom. The number of benzene rings is 2. The van der Waals surface area contributed by atoms with Crippen LogP contribution in [0, 0.1) is 0 Å². The number of hydrogen-bond donors (Lipinski definition) is 3. The summed E-state index contributed by atoms with van der Waals surface area (Å²) in [7, 11) is 0. The van der Waals surface area contributed by atoms with Crippen LogP contribution in [0.5, 0.6) is 5.75 Å². The average molecular weight is 452 g/mol. The van der Waals surface area contributed by atoms with Crippen molar-refractivity contribution in [1.29, 1.82) is 0 Å². The predicted molar refractivity (Wildman–Crippen MR) is 119 cm³/mol. The summed E-state index contributed by atoms with van der Waals surface area (Å²) in [6, 6.07) is 14.4.